The molecule has 168 valence electrons. The van der Waals surface area contributed by atoms with E-state index in [0.29, 0.717) is 16.8 Å². The Labute approximate surface area is 205 Å². The molecule has 2 aromatic carbocycles. The van der Waals surface area contributed by atoms with Crippen molar-refractivity contribution in [3.8, 4) is 0 Å². The van der Waals surface area contributed by atoms with E-state index in [2.05, 4.69) is 10.6 Å². The summed E-state index contributed by atoms with van der Waals surface area (Å²) in [7, 11) is 0. The molecule has 0 spiro atoms. The smallest absolute Gasteiger partial charge is 0.272 e. The molecule has 0 saturated heterocycles. The van der Waals surface area contributed by atoms with Crippen molar-refractivity contribution in [2.24, 2.45) is 0 Å². The number of hydrogen-bond acceptors (Lipinski definition) is 5. The number of rotatable bonds is 8. The minimum absolute atomic E-state index is 0.117. The van der Waals surface area contributed by atoms with Gasteiger partial charge in [0.05, 0.1) is 0 Å². The fraction of sp³-hybridized carbons (Fsp3) is 0. The molecular weight excluding hydrogens is 464 g/mol. The van der Waals surface area contributed by atoms with Crippen LogP contribution >= 0.6 is 22.7 Å². The number of hydrogen-bond donors (Lipinski definition) is 2. The maximum Gasteiger partial charge on any atom is 0.272 e. The van der Waals surface area contributed by atoms with Crippen molar-refractivity contribution in [2.75, 3.05) is 5.32 Å². The lowest BCUT2D eigenvalue weighted by Gasteiger charge is -2.11. The van der Waals surface area contributed by atoms with E-state index in [9.17, 15) is 14.4 Å². The first-order chi connectivity index (χ1) is 16.6. The van der Waals surface area contributed by atoms with E-state index >= 15 is 0 Å². The van der Waals surface area contributed by atoms with Crippen LogP contribution in [0.3, 0.4) is 0 Å². The van der Waals surface area contributed by atoms with Crippen LogP contribution < -0.4 is 10.6 Å². The van der Waals surface area contributed by atoms with Gasteiger partial charge in [-0.2, -0.15) is 11.3 Å². The second-order valence-corrected chi connectivity index (χ2v) is 8.94. The Morgan fingerprint density at radius 1 is 0.794 bits per heavy atom. The predicted octanol–water partition coefficient (Wildman–Crippen LogP) is 6.12. The number of carbonyl (C=O) groups excluding carboxylic acids is 3. The monoisotopic (exact) mass is 484 g/mol. The molecular formula is C27H20N2O3S2. The summed E-state index contributed by atoms with van der Waals surface area (Å²) in [6.07, 6.45) is 4.93. The number of nitrogens with one attached hydrogen (secondary N) is 2. The van der Waals surface area contributed by atoms with Gasteiger partial charge in [-0.15, -0.1) is 11.3 Å². The van der Waals surface area contributed by atoms with Crippen molar-refractivity contribution in [1.29, 1.82) is 0 Å². The zero-order chi connectivity index (χ0) is 23.8. The van der Waals surface area contributed by atoms with E-state index < -0.39 is 5.91 Å². The highest BCUT2D eigenvalue weighted by molar-refractivity contribution is 7.10. The van der Waals surface area contributed by atoms with Gasteiger partial charge in [0.2, 0.25) is 0 Å². The maximum atomic E-state index is 13.0. The molecule has 0 atom stereocenters. The summed E-state index contributed by atoms with van der Waals surface area (Å²) in [4.78, 5) is 39.0. The molecule has 0 fully saturated rings. The Morgan fingerprint density at radius 2 is 1.59 bits per heavy atom. The number of thiophene rings is 2. The van der Waals surface area contributed by atoms with Crippen LogP contribution in [0.5, 0.6) is 0 Å². The molecule has 0 aliphatic heterocycles. The molecule has 4 aromatic rings. The lowest BCUT2D eigenvalue weighted by Crippen LogP contribution is -2.30. The Bertz CT molecular complexity index is 1320. The minimum atomic E-state index is -0.466. The molecule has 5 nitrogen and oxygen atoms in total. The fourth-order valence-corrected chi connectivity index (χ4v) is 4.26. The molecule has 0 bridgehead atoms. The van der Waals surface area contributed by atoms with Crippen molar-refractivity contribution >= 4 is 58.1 Å². The summed E-state index contributed by atoms with van der Waals surface area (Å²) in [5, 5.41) is 11.2. The highest BCUT2D eigenvalue weighted by Gasteiger charge is 2.15. The van der Waals surface area contributed by atoms with Crippen molar-refractivity contribution in [3.05, 3.63) is 122 Å². The van der Waals surface area contributed by atoms with Gasteiger partial charge in [0.15, 0.2) is 5.78 Å². The second-order valence-electron chi connectivity index (χ2n) is 7.18. The number of ketones is 1. The maximum absolute atomic E-state index is 13.0. The summed E-state index contributed by atoms with van der Waals surface area (Å²) in [5.74, 6) is -0.970. The quantitative estimate of drug-likeness (QED) is 0.234. The molecule has 2 heterocycles. The molecule has 0 unspecified atom stereocenters. The van der Waals surface area contributed by atoms with E-state index in [1.807, 2.05) is 40.4 Å². The van der Waals surface area contributed by atoms with Crippen LogP contribution in [0.15, 0.2) is 101 Å². The fourth-order valence-electron chi connectivity index (χ4n) is 3.02. The number of amides is 2. The van der Waals surface area contributed by atoms with Gasteiger partial charge in [-0.1, -0.05) is 24.3 Å². The summed E-state index contributed by atoms with van der Waals surface area (Å²) >= 11 is 3.05. The van der Waals surface area contributed by atoms with Crippen LogP contribution in [0.4, 0.5) is 5.69 Å². The van der Waals surface area contributed by atoms with E-state index in [-0.39, 0.29) is 17.4 Å². The third kappa shape index (κ3) is 6.25. The molecule has 0 aliphatic carbocycles. The number of carbonyl (C=O) groups is 3. The van der Waals surface area contributed by atoms with E-state index in [0.717, 1.165) is 10.4 Å². The van der Waals surface area contributed by atoms with Crippen molar-refractivity contribution in [2.45, 2.75) is 0 Å². The average Bonchev–Trinajstić information content (AvgIpc) is 3.57. The summed E-state index contributed by atoms with van der Waals surface area (Å²) < 4.78 is 0. The Hall–Kier alpha value is -4.07. The van der Waals surface area contributed by atoms with Gasteiger partial charge in [0.1, 0.15) is 5.70 Å². The van der Waals surface area contributed by atoms with Crippen LogP contribution in [0.2, 0.25) is 0 Å². The Balaban J connectivity index is 1.46. The SMILES string of the molecule is O=C(Nc1ccc(C(=O)/C=C/c2cccs2)cc1)/C(=C/c1ccsc1)NC(=O)c1ccccc1. The molecule has 7 heteroatoms. The zero-order valence-corrected chi connectivity index (χ0v) is 19.6. The van der Waals surface area contributed by atoms with Crippen LogP contribution in [0, 0.1) is 0 Å². The normalized spacial score (nSPS) is 11.4. The van der Waals surface area contributed by atoms with Crippen LogP contribution in [-0.2, 0) is 4.79 Å². The Kier molecular flexibility index (Phi) is 7.60. The molecule has 34 heavy (non-hydrogen) atoms. The molecule has 4 rings (SSSR count). The zero-order valence-electron chi connectivity index (χ0n) is 17.9. The molecule has 2 amide bonds. The van der Waals surface area contributed by atoms with Gasteiger partial charge in [0, 0.05) is 21.7 Å². The van der Waals surface area contributed by atoms with E-state index in [1.165, 1.54) is 17.4 Å². The molecule has 0 saturated carbocycles. The largest absolute Gasteiger partial charge is 0.321 e. The van der Waals surface area contributed by atoms with Crippen LogP contribution in [-0.4, -0.2) is 17.6 Å². The highest BCUT2D eigenvalue weighted by atomic mass is 32.1. The predicted molar refractivity (Wildman–Crippen MR) is 139 cm³/mol. The minimum Gasteiger partial charge on any atom is -0.321 e. The van der Waals surface area contributed by atoms with Gasteiger partial charge in [-0.3, -0.25) is 14.4 Å². The van der Waals surface area contributed by atoms with E-state index in [1.54, 1.807) is 72.0 Å². The van der Waals surface area contributed by atoms with Gasteiger partial charge in [0.25, 0.3) is 11.8 Å². The standard InChI is InChI=1S/C27H20N2O3S2/c30-25(13-12-23-7-4-15-34-23)20-8-10-22(11-9-20)28-27(32)24(17-19-14-16-33-18-19)29-26(31)21-5-2-1-3-6-21/h1-18H,(H,28,32)(H,29,31)/b13-12+,24-17-. The first-order valence-electron chi connectivity index (χ1n) is 10.4. The van der Waals surface area contributed by atoms with Crippen LogP contribution in [0.1, 0.15) is 31.2 Å². The number of allylic oxidation sites excluding steroid dienone is 1. The topological polar surface area (TPSA) is 75.3 Å². The third-order valence-electron chi connectivity index (χ3n) is 4.75. The first kappa shape index (κ1) is 23.1. The van der Waals surface area contributed by atoms with Crippen molar-refractivity contribution < 1.29 is 14.4 Å². The third-order valence-corrected chi connectivity index (χ3v) is 6.29. The van der Waals surface area contributed by atoms with Gasteiger partial charge >= 0.3 is 0 Å². The van der Waals surface area contributed by atoms with E-state index in [4.69, 9.17) is 0 Å². The first-order valence-corrected chi connectivity index (χ1v) is 12.2. The van der Waals surface area contributed by atoms with Crippen LogP contribution in [0.25, 0.3) is 12.2 Å². The molecule has 2 N–H and O–H groups in total. The number of anilines is 1. The second kappa shape index (κ2) is 11.2. The van der Waals surface area contributed by atoms with Gasteiger partial charge in [-0.05, 0) is 88.5 Å². The average molecular weight is 485 g/mol. The number of benzene rings is 2. The van der Waals surface area contributed by atoms with Gasteiger partial charge < -0.3 is 10.6 Å². The highest BCUT2D eigenvalue weighted by Crippen LogP contribution is 2.16. The van der Waals surface area contributed by atoms with Crippen molar-refractivity contribution in [1.82, 2.24) is 5.32 Å². The Morgan fingerprint density at radius 3 is 2.26 bits per heavy atom. The summed E-state index contributed by atoms with van der Waals surface area (Å²) in [6.45, 7) is 0. The van der Waals surface area contributed by atoms with Crippen molar-refractivity contribution in [3.63, 3.8) is 0 Å². The lowest BCUT2D eigenvalue weighted by atomic mass is 10.1. The summed E-state index contributed by atoms with van der Waals surface area (Å²) in [5.41, 5.74) is 2.39. The molecule has 0 radical (unpaired) electrons. The van der Waals surface area contributed by atoms with Gasteiger partial charge in [-0.25, -0.2) is 0 Å². The lowest BCUT2D eigenvalue weighted by molar-refractivity contribution is -0.113. The molecule has 2 aromatic heterocycles. The molecule has 0 aliphatic rings. The summed E-state index contributed by atoms with van der Waals surface area (Å²) in [6, 6.07) is 21.0.